The fraction of sp³-hybridized carbons (Fsp3) is 0.462. The molecule has 0 bridgehead atoms. The molecule has 2 N–H and O–H groups in total. The summed E-state index contributed by atoms with van der Waals surface area (Å²) in [7, 11) is 0. The summed E-state index contributed by atoms with van der Waals surface area (Å²) in [5.74, 6) is -0.790. The van der Waals surface area contributed by atoms with Crippen molar-refractivity contribution in [3.05, 3.63) is 59.7 Å². The van der Waals surface area contributed by atoms with E-state index in [4.69, 9.17) is 15.2 Å². The van der Waals surface area contributed by atoms with E-state index in [0.717, 1.165) is 5.69 Å². The molecule has 2 aromatic rings. The first-order valence-electron chi connectivity index (χ1n) is 10.8. The lowest BCUT2D eigenvalue weighted by Gasteiger charge is -2.33. The van der Waals surface area contributed by atoms with Crippen LogP contribution in [0.1, 0.15) is 76.1 Å². The summed E-state index contributed by atoms with van der Waals surface area (Å²) in [6.45, 7) is 15.3. The van der Waals surface area contributed by atoms with E-state index >= 15 is 0 Å². The van der Waals surface area contributed by atoms with Crippen molar-refractivity contribution in [1.29, 1.82) is 0 Å². The van der Waals surface area contributed by atoms with Crippen LogP contribution in [0.3, 0.4) is 0 Å². The molecule has 0 saturated heterocycles. The molecule has 2 aromatic carbocycles. The van der Waals surface area contributed by atoms with Crippen molar-refractivity contribution >= 4 is 23.3 Å². The summed E-state index contributed by atoms with van der Waals surface area (Å²) < 4.78 is 11.1. The Bertz CT molecular complexity index is 946. The maximum atomic E-state index is 12.9. The molecule has 0 spiro atoms. The van der Waals surface area contributed by atoms with Crippen LogP contribution in [0.15, 0.2) is 48.5 Å². The Balaban J connectivity index is 2.47. The van der Waals surface area contributed by atoms with Crippen LogP contribution in [-0.2, 0) is 9.47 Å². The topological polar surface area (TPSA) is 81.9 Å². The molecule has 0 amide bonds. The zero-order chi connectivity index (χ0) is 24.3. The standard InChI is InChI=1S/C26H36N2O4/c1-24(2,3)31-22(29)18-13-15-19(16-14-18)28(17-26(7,8)27)21-12-10-9-11-20(21)23(30)32-25(4,5)6/h9-16H,17,27H2,1-8H3. The molecule has 0 aliphatic heterocycles. The first-order valence-corrected chi connectivity index (χ1v) is 10.8. The van der Waals surface area contributed by atoms with Crippen LogP contribution in [-0.4, -0.2) is 35.2 Å². The van der Waals surface area contributed by atoms with E-state index in [0.29, 0.717) is 23.4 Å². The van der Waals surface area contributed by atoms with E-state index < -0.39 is 22.7 Å². The van der Waals surface area contributed by atoms with Crippen molar-refractivity contribution in [1.82, 2.24) is 0 Å². The van der Waals surface area contributed by atoms with Gasteiger partial charge in [0.05, 0.1) is 16.8 Å². The zero-order valence-electron chi connectivity index (χ0n) is 20.5. The number of rotatable bonds is 6. The molecule has 0 unspecified atom stereocenters. The number of carbonyl (C=O) groups is 2. The van der Waals surface area contributed by atoms with Crippen molar-refractivity contribution < 1.29 is 19.1 Å². The number of hydrogen-bond acceptors (Lipinski definition) is 6. The van der Waals surface area contributed by atoms with Gasteiger partial charge in [0.25, 0.3) is 0 Å². The average Bonchev–Trinajstić information content (AvgIpc) is 2.63. The highest BCUT2D eigenvalue weighted by Gasteiger charge is 2.26. The predicted octanol–water partition coefficient (Wildman–Crippen LogP) is 5.47. The van der Waals surface area contributed by atoms with Crippen LogP contribution < -0.4 is 10.6 Å². The summed E-state index contributed by atoms with van der Waals surface area (Å²) in [6, 6.07) is 14.4. The van der Waals surface area contributed by atoms with Gasteiger partial charge in [-0.1, -0.05) is 12.1 Å². The van der Waals surface area contributed by atoms with Gasteiger partial charge in [0, 0.05) is 17.8 Å². The lowest BCUT2D eigenvalue weighted by Crippen LogP contribution is -2.44. The van der Waals surface area contributed by atoms with E-state index in [1.807, 2.05) is 84.6 Å². The highest BCUT2D eigenvalue weighted by atomic mass is 16.6. The molecule has 0 aliphatic rings. The lowest BCUT2D eigenvalue weighted by atomic mass is 10.0. The van der Waals surface area contributed by atoms with Gasteiger partial charge in [0.15, 0.2) is 0 Å². The van der Waals surface area contributed by atoms with Crippen molar-refractivity contribution in [2.75, 3.05) is 11.4 Å². The fourth-order valence-corrected chi connectivity index (χ4v) is 3.05. The zero-order valence-corrected chi connectivity index (χ0v) is 20.5. The Morgan fingerprint density at radius 3 is 1.78 bits per heavy atom. The number of nitrogens with zero attached hydrogens (tertiary/aromatic N) is 1. The van der Waals surface area contributed by atoms with E-state index in [1.54, 1.807) is 24.3 Å². The van der Waals surface area contributed by atoms with Gasteiger partial charge in [-0.3, -0.25) is 0 Å². The minimum atomic E-state index is -0.614. The van der Waals surface area contributed by atoms with Crippen molar-refractivity contribution in [3.8, 4) is 0 Å². The number of ether oxygens (including phenoxy) is 2. The highest BCUT2D eigenvalue weighted by molar-refractivity contribution is 5.97. The smallest absolute Gasteiger partial charge is 0.340 e. The van der Waals surface area contributed by atoms with E-state index in [9.17, 15) is 9.59 Å². The molecule has 0 aliphatic carbocycles. The largest absolute Gasteiger partial charge is 0.456 e. The summed E-state index contributed by atoms with van der Waals surface area (Å²) >= 11 is 0. The Kier molecular flexibility index (Phi) is 7.40. The number of para-hydroxylation sites is 1. The fourth-order valence-electron chi connectivity index (χ4n) is 3.05. The molecule has 0 heterocycles. The number of carbonyl (C=O) groups excluding carboxylic acids is 2. The van der Waals surface area contributed by atoms with Crippen molar-refractivity contribution in [2.45, 2.75) is 72.1 Å². The second-order valence-electron chi connectivity index (χ2n) is 10.6. The maximum Gasteiger partial charge on any atom is 0.340 e. The van der Waals surface area contributed by atoms with Gasteiger partial charge in [-0.15, -0.1) is 0 Å². The Morgan fingerprint density at radius 2 is 1.28 bits per heavy atom. The van der Waals surface area contributed by atoms with E-state index in [2.05, 4.69) is 0 Å². The molecule has 0 saturated carbocycles. The molecule has 0 radical (unpaired) electrons. The molecule has 174 valence electrons. The van der Waals surface area contributed by atoms with Crippen molar-refractivity contribution in [3.63, 3.8) is 0 Å². The number of esters is 2. The van der Waals surface area contributed by atoms with Gasteiger partial charge in [0.2, 0.25) is 0 Å². The van der Waals surface area contributed by atoms with Crippen LogP contribution >= 0.6 is 0 Å². The predicted molar refractivity (Wildman–Crippen MR) is 128 cm³/mol. The second kappa shape index (κ2) is 9.33. The van der Waals surface area contributed by atoms with E-state index in [-0.39, 0.29) is 5.97 Å². The average molecular weight is 441 g/mol. The SMILES string of the molecule is CC(C)(N)CN(c1ccc(C(=O)OC(C)(C)C)cc1)c1ccccc1C(=O)OC(C)(C)C. The third-order valence-corrected chi connectivity index (χ3v) is 4.19. The van der Waals surface area contributed by atoms with Gasteiger partial charge in [-0.2, -0.15) is 0 Å². The van der Waals surface area contributed by atoms with Crippen LogP contribution in [0.4, 0.5) is 11.4 Å². The van der Waals surface area contributed by atoms with Crippen LogP contribution in [0.5, 0.6) is 0 Å². The monoisotopic (exact) mass is 440 g/mol. The Labute approximate surface area is 191 Å². The molecule has 2 rings (SSSR count). The van der Waals surface area contributed by atoms with Crippen LogP contribution in [0.25, 0.3) is 0 Å². The van der Waals surface area contributed by atoms with Gasteiger partial charge < -0.3 is 20.1 Å². The Hall–Kier alpha value is -2.86. The third kappa shape index (κ3) is 7.68. The number of anilines is 2. The molecule has 32 heavy (non-hydrogen) atoms. The van der Waals surface area contributed by atoms with Gasteiger partial charge >= 0.3 is 11.9 Å². The molecule has 0 aromatic heterocycles. The summed E-state index contributed by atoms with van der Waals surface area (Å²) in [5, 5.41) is 0. The molecule has 0 atom stereocenters. The molecule has 6 nitrogen and oxygen atoms in total. The van der Waals surface area contributed by atoms with Gasteiger partial charge in [-0.25, -0.2) is 9.59 Å². The second-order valence-corrected chi connectivity index (χ2v) is 10.6. The van der Waals surface area contributed by atoms with Crippen LogP contribution in [0, 0.1) is 0 Å². The normalized spacial score (nSPS) is 12.3. The highest BCUT2D eigenvalue weighted by Crippen LogP contribution is 2.31. The minimum Gasteiger partial charge on any atom is -0.456 e. The lowest BCUT2D eigenvalue weighted by molar-refractivity contribution is 0.00575. The van der Waals surface area contributed by atoms with Gasteiger partial charge in [0.1, 0.15) is 11.2 Å². The minimum absolute atomic E-state index is 0.385. The molecule has 0 fully saturated rings. The first-order chi connectivity index (χ1) is 14.6. The molecule has 6 heteroatoms. The third-order valence-electron chi connectivity index (χ3n) is 4.19. The number of benzene rings is 2. The Morgan fingerprint density at radius 1 is 0.781 bits per heavy atom. The number of nitrogens with two attached hydrogens (primary N) is 1. The summed E-state index contributed by atoms with van der Waals surface area (Å²) in [5.41, 5.74) is 7.00. The summed E-state index contributed by atoms with van der Waals surface area (Å²) in [4.78, 5) is 27.3. The summed E-state index contributed by atoms with van der Waals surface area (Å²) in [6.07, 6.45) is 0. The molecular formula is C26H36N2O4. The van der Waals surface area contributed by atoms with Gasteiger partial charge in [-0.05, 0) is 91.8 Å². The quantitative estimate of drug-likeness (QED) is 0.600. The maximum absolute atomic E-state index is 12.9. The van der Waals surface area contributed by atoms with Crippen LogP contribution in [0.2, 0.25) is 0 Å². The van der Waals surface area contributed by atoms with E-state index in [1.165, 1.54) is 0 Å². The molecular weight excluding hydrogens is 404 g/mol. The first kappa shape index (κ1) is 25.4. The number of hydrogen-bond donors (Lipinski definition) is 1. The van der Waals surface area contributed by atoms with Crippen molar-refractivity contribution in [2.24, 2.45) is 5.73 Å².